The second-order valence-corrected chi connectivity index (χ2v) is 10.9. The van der Waals surface area contributed by atoms with Gasteiger partial charge in [0.05, 0.1) is 17.0 Å². The fourth-order valence-electron chi connectivity index (χ4n) is 3.44. The summed E-state index contributed by atoms with van der Waals surface area (Å²) < 4.78 is 29.6. The lowest BCUT2D eigenvalue weighted by Crippen LogP contribution is -2.57. The summed E-state index contributed by atoms with van der Waals surface area (Å²) in [6, 6.07) is 8.03. The minimum atomic E-state index is -3.07. The Balaban J connectivity index is 1.96. The number of nitrogens with one attached hydrogen (secondary N) is 1. The molecule has 1 aliphatic rings. The van der Waals surface area contributed by atoms with Gasteiger partial charge in [0.1, 0.15) is 12.4 Å². The third kappa shape index (κ3) is 6.60. The van der Waals surface area contributed by atoms with Crippen molar-refractivity contribution in [3.63, 3.8) is 0 Å². The van der Waals surface area contributed by atoms with Crippen LogP contribution in [0.4, 0.5) is 0 Å². The smallest absolute Gasteiger partial charge is 0.194 e. The van der Waals surface area contributed by atoms with Crippen molar-refractivity contribution in [3.8, 4) is 5.75 Å². The first-order chi connectivity index (χ1) is 14.2. The van der Waals surface area contributed by atoms with E-state index in [1.165, 1.54) is 0 Å². The van der Waals surface area contributed by atoms with Crippen LogP contribution in [0.3, 0.4) is 0 Å². The first-order valence-corrected chi connectivity index (χ1v) is 12.6. The normalized spacial score (nSPS) is 18.5. The zero-order chi connectivity index (χ0) is 22.2. The summed E-state index contributed by atoms with van der Waals surface area (Å²) in [4.78, 5) is 9.13. The number of likely N-dealkylation sites (N-methyl/N-ethyl adjacent to an activating group) is 1. The predicted molar refractivity (Wildman–Crippen MR) is 124 cm³/mol. The maximum Gasteiger partial charge on any atom is 0.194 e. The fraction of sp³-hybridized carbons (Fsp3) is 0.682. The van der Waals surface area contributed by atoms with Crippen LogP contribution >= 0.6 is 0 Å². The highest BCUT2D eigenvalue weighted by Gasteiger charge is 2.40. The van der Waals surface area contributed by atoms with Crippen molar-refractivity contribution in [1.82, 2.24) is 15.1 Å². The van der Waals surface area contributed by atoms with E-state index in [1.54, 1.807) is 13.8 Å². The number of rotatable bonds is 9. The Morgan fingerprint density at radius 1 is 1.20 bits per heavy atom. The Hall–Kier alpha value is -1.80. The van der Waals surface area contributed by atoms with Gasteiger partial charge in [0, 0.05) is 26.2 Å². The third-order valence-corrected chi connectivity index (χ3v) is 8.12. The molecule has 1 N–H and O–H groups in total. The molecule has 0 bridgehead atoms. The number of benzene rings is 1. The number of nitrogens with zero attached hydrogens (tertiary/aromatic N) is 3. The van der Waals surface area contributed by atoms with E-state index in [0.29, 0.717) is 26.2 Å². The molecule has 1 aliphatic heterocycles. The summed E-state index contributed by atoms with van der Waals surface area (Å²) in [6.45, 7) is 15.8. The average molecular weight is 439 g/mol. The Bertz CT molecular complexity index is 787. The van der Waals surface area contributed by atoms with Crippen molar-refractivity contribution < 1.29 is 13.2 Å². The number of ether oxygens (including phenoxy) is 1. The summed E-state index contributed by atoms with van der Waals surface area (Å²) in [5.74, 6) is 1.79. The van der Waals surface area contributed by atoms with E-state index in [9.17, 15) is 8.42 Å². The third-order valence-electron chi connectivity index (χ3n) is 5.58. The van der Waals surface area contributed by atoms with E-state index < -0.39 is 14.6 Å². The van der Waals surface area contributed by atoms with Gasteiger partial charge in [-0.1, -0.05) is 26.0 Å². The number of sulfone groups is 1. The van der Waals surface area contributed by atoms with Crippen LogP contribution in [0.1, 0.15) is 40.2 Å². The highest BCUT2D eigenvalue weighted by Crippen LogP contribution is 2.24. The average Bonchev–Trinajstić information content (AvgIpc) is 2.71. The van der Waals surface area contributed by atoms with Crippen LogP contribution in [0.25, 0.3) is 0 Å². The molecule has 1 saturated heterocycles. The predicted octanol–water partition coefficient (Wildman–Crippen LogP) is 2.38. The van der Waals surface area contributed by atoms with Crippen LogP contribution in [-0.2, 0) is 16.4 Å². The lowest BCUT2D eigenvalue weighted by Gasteiger charge is -2.39. The van der Waals surface area contributed by atoms with Gasteiger partial charge in [-0.25, -0.2) is 13.4 Å². The van der Waals surface area contributed by atoms with E-state index in [4.69, 9.17) is 9.73 Å². The molecule has 170 valence electrons. The van der Waals surface area contributed by atoms with Gasteiger partial charge in [-0.15, -0.1) is 0 Å². The standard InChI is InChI=1S/C22H38N4O3S/c1-6-23-21(26-14-16-30(27,28)22(4,5)18-26)24-17-19-9-11-20(12-10-19)29-15-13-25(7-2)8-3/h9-12H,6-8,13-18H2,1-5H3,(H,23,24). The Kier molecular flexibility index (Phi) is 8.97. The number of guanidine groups is 1. The molecule has 2 rings (SSSR count). The zero-order valence-corrected chi connectivity index (χ0v) is 20.0. The van der Waals surface area contributed by atoms with Crippen molar-refractivity contribution in [1.29, 1.82) is 0 Å². The molecule has 1 aromatic carbocycles. The molecule has 1 heterocycles. The first kappa shape index (κ1) is 24.5. The van der Waals surface area contributed by atoms with Gasteiger partial charge in [0.2, 0.25) is 0 Å². The minimum absolute atomic E-state index is 0.157. The van der Waals surface area contributed by atoms with Crippen LogP contribution in [0.5, 0.6) is 5.75 Å². The summed E-state index contributed by atoms with van der Waals surface area (Å²) in [5, 5.41) is 3.30. The fourth-order valence-corrected chi connectivity index (χ4v) is 4.81. The van der Waals surface area contributed by atoms with Crippen LogP contribution in [0, 0.1) is 0 Å². The zero-order valence-electron chi connectivity index (χ0n) is 19.1. The topological polar surface area (TPSA) is 74.2 Å². The lowest BCUT2D eigenvalue weighted by atomic mass is 10.2. The van der Waals surface area contributed by atoms with Gasteiger partial charge in [-0.05, 0) is 51.6 Å². The van der Waals surface area contributed by atoms with E-state index in [0.717, 1.165) is 43.5 Å². The summed E-state index contributed by atoms with van der Waals surface area (Å²) in [6.07, 6.45) is 0. The van der Waals surface area contributed by atoms with E-state index in [-0.39, 0.29) is 5.75 Å². The molecule has 0 radical (unpaired) electrons. The van der Waals surface area contributed by atoms with Crippen LogP contribution in [0.2, 0.25) is 0 Å². The highest BCUT2D eigenvalue weighted by molar-refractivity contribution is 7.92. The molecule has 0 saturated carbocycles. The van der Waals surface area contributed by atoms with Crippen LogP contribution in [-0.4, -0.2) is 80.6 Å². The number of hydrogen-bond donors (Lipinski definition) is 1. The summed E-state index contributed by atoms with van der Waals surface area (Å²) in [7, 11) is -3.07. The molecule has 0 aromatic heterocycles. The molecular formula is C22H38N4O3S. The van der Waals surface area contributed by atoms with Crippen LogP contribution < -0.4 is 10.1 Å². The Morgan fingerprint density at radius 2 is 1.87 bits per heavy atom. The number of hydrogen-bond acceptors (Lipinski definition) is 5. The van der Waals surface area contributed by atoms with Crippen molar-refractivity contribution in [2.45, 2.75) is 45.9 Å². The van der Waals surface area contributed by atoms with E-state index >= 15 is 0 Å². The van der Waals surface area contributed by atoms with Crippen LogP contribution in [0.15, 0.2) is 29.3 Å². The lowest BCUT2D eigenvalue weighted by molar-refractivity contribution is 0.223. The molecule has 0 spiro atoms. The van der Waals surface area contributed by atoms with Gasteiger partial charge in [0.25, 0.3) is 0 Å². The van der Waals surface area contributed by atoms with Crippen molar-refractivity contribution in [2.75, 3.05) is 51.6 Å². The van der Waals surface area contributed by atoms with E-state index in [2.05, 4.69) is 29.0 Å². The quantitative estimate of drug-likeness (QED) is 0.471. The first-order valence-electron chi connectivity index (χ1n) is 10.9. The van der Waals surface area contributed by atoms with Gasteiger partial charge < -0.3 is 19.9 Å². The van der Waals surface area contributed by atoms with Crippen molar-refractivity contribution in [3.05, 3.63) is 29.8 Å². The summed E-state index contributed by atoms with van der Waals surface area (Å²) >= 11 is 0. The molecule has 0 atom stereocenters. The summed E-state index contributed by atoms with van der Waals surface area (Å²) in [5.41, 5.74) is 1.09. The molecule has 8 heteroatoms. The van der Waals surface area contributed by atoms with Gasteiger partial charge >= 0.3 is 0 Å². The minimum Gasteiger partial charge on any atom is -0.492 e. The van der Waals surface area contributed by atoms with Gasteiger partial charge in [-0.3, -0.25) is 0 Å². The second-order valence-electron chi connectivity index (χ2n) is 8.19. The Labute approximate surface area is 182 Å². The molecule has 1 fully saturated rings. The maximum atomic E-state index is 12.3. The largest absolute Gasteiger partial charge is 0.492 e. The molecule has 0 amide bonds. The Morgan fingerprint density at radius 3 is 2.43 bits per heavy atom. The highest BCUT2D eigenvalue weighted by atomic mass is 32.2. The second kappa shape index (κ2) is 11.0. The molecular weight excluding hydrogens is 400 g/mol. The maximum absolute atomic E-state index is 12.3. The molecule has 1 aromatic rings. The van der Waals surface area contributed by atoms with Crippen molar-refractivity contribution in [2.24, 2.45) is 4.99 Å². The monoisotopic (exact) mass is 438 g/mol. The molecule has 0 aliphatic carbocycles. The van der Waals surface area contributed by atoms with E-state index in [1.807, 2.05) is 31.2 Å². The number of aliphatic imine (C=N–C) groups is 1. The van der Waals surface area contributed by atoms with Crippen molar-refractivity contribution >= 4 is 15.8 Å². The molecule has 30 heavy (non-hydrogen) atoms. The molecule has 7 nitrogen and oxygen atoms in total. The van der Waals surface area contributed by atoms with Gasteiger partial charge in [-0.2, -0.15) is 0 Å². The molecule has 0 unspecified atom stereocenters. The SMILES string of the molecule is CCNC(=NCc1ccc(OCCN(CC)CC)cc1)N1CCS(=O)(=O)C(C)(C)C1. The van der Waals surface area contributed by atoms with Gasteiger partial charge in [0.15, 0.2) is 15.8 Å².